The van der Waals surface area contributed by atoms with Crippen LogP contribution in [-0.2, 0) is 11.0 Å². The summed E-state index contributed by atoms with van der Waals surface area (Å²) in [6.45, 7) is 1.20. The first-order chi connectivity index (χ1) is 14.0. The van der Waals surface area contributed by atoms with Crippen molar-refractivity contribution in [3.63, 3.8) is 0 Å². The molecule has 0 unspecified atom stereocenters. The third-order valence-electron chi connectivity index (χ3n) is 4.95. The zero-order valence-electron chi connectivity index (χ0n) is 15.7. The van der Waals surface area contributed by atoms with Gasteiger partial charge in [0.25, 0.3) is 5.92 Å². The molecule has 4 heterocycles. The summed E-state index contributed by atoms with van der Waals surface area (Å²) >= 11 is 0. The first-order valence-electron chi connectivity index (χ1n) is 9.08. The average molecular weight is 428 g/mol. The van der Waals surface area contributed by atoms with E-state index in [1.54, 1.807) is 4.90 Å². The molecule has 4 rings (SSSR count). The largest absolute Gasteiger partial charge is 0.416 e. The molecule has 0 atom stereocenters. The molecular weight excluding hydrogens is 411 g/mol. The Bertz CT molecular complexity index is 968. The number of nitrogens with one attached hydrogen (secondary N) is 1. The highest BCUT2D eigenvalue weighted by molar-refractivity contribution is 5.74. The first kappa shape index (κ1) is 20.2. The van der Waals surface area contributed by atoms with Crippen LogP contribution in [0.4, 0.5) is 39.5 Å². The summed E-state index contributed by atoms with van der Waals surface area (Å²) in [6.07, 6.45) is -3.52. The number of aromatic nitrogens is 3. The van der Waals surface area contributed by atoms with Crippen LogP contribution in [0.25, 0.3) is 0 Å². The number of halogens is 5. The van der Waals surface area contributed by atoms with Crippen LogP contribution >= 0.6 is 0 Å². The van der Waals surface area contributed by atoms with E-state index in [9.17, 15) is 26.7 Å². The van der Waals surface area contributed by atoms with Crippen molar-refractivity contribution in [1.82, 2.24) is 19.9 Å². The highest BCUT2D eigenvalue weighted by atomic mass is 19.4. The third kappa shape index (κ3) is 4.12. The Balaban J connectivity index is 1.60. The molecule has 7 nitrogen and oxygen atoms in total. The molecule has 12 heteroatoms. The van der Waals surface area contributed by atoms with Crippen LogP contribution in [0.5, 0.6) is 0 Å². The molecule has 2 aliphatic rings. The highest BCUT2D eigenvalue weighted by Crippen LogP contribution is 2.34. The molecule has 2 fully saturated rings. The van der Waals surface area contributed by atoms with E-state index in [0.717, 1.165) is 18.3 Å². The van der Waals surface area contributed by atoms with Gasteiger partial charge in [-0.1, -0.05) is 0 Å². The molecule has 30 heavy (non-hydrogen) atoms. The monoisotopic (exact) mass is 428 g/mol. The van der Waals surface area contributed by atoms with Gasteiger partial charge in [-0.15, -0.1) is 0 Å². The van der Waals surface area contributed by atoms with E-state index >= 15 is 0 Å². The molecule has 0 spiro atoms. The molecule has 2 aliphatic heterocycles. The predicted molar refractivity (Wildman–Crippen MR) is 96.7 cm³/mol. The average Bonchev–Trinajstić information content (AvgIpc) is 2.57. The van der Waals surface area contributed by atoms with Gasteiger partial charge < -0.3 is 15.1 Å². The van der Waals surface area contributed by atoms with Gasteiger partial charge in [0.15, 0.2) is 0 Å². The molecule has 0 saturated carbocycles. The molecular formula is C18H17F5N6O. The summed E-state index contributed by atoms with van der Waals surface area (Å²) in [5.74, 6) is -2.94. The minimum Gasteiger partial charge on any atom is -0.341 e. The van der Waals surface area contributed by atoms with Crippen molar-refractivity contribution in [2.45, 2.75) is 24.9 Å². The Morgan fingerprint density at radius 3 is 2.47 bits per heavy atom. The molecule has 0 aromatic carbocycles. The Hall–Kier alpha value is -3.05. The lowest BCUT2D eigenvalue weighted by Crippen LogP contribution is -2.57. The fraction of sp³-hybridized carbons (Fsp3) is 0.444. The Kier molecular flexibility index (Phi) is 4.74. The number of carbonyl (C=O) groups is 1. The fourth-order valence-electron chi connectivity index (χ4n) is 3.25. The minimum absolute atomic E-state index is 0.0502. The molecule has 2 aromatic rings. The van der Waals surface area contributed by atoms with E-state index in [2.05, 4.69) is 20.3 Å². The van der Waals surface area contributed by atoms with Crippen LogP contribution in [0.2, 0.25) is 0 Å². The molecule has 1 amide bonds. The first-order valence-corrected chi connectivity index (χ1v) is 9.08. The van der Waals surface area contributed by atoms with Gasteiger partial charge in [0, 0.05) is 38.2 Å². The standard InChI is InChI=1S/C18H17F5N6O/c1-10(30)28-6-11(7-28)13-5-15(27-16(25-13)29-8-17(19,20)9-29)26-14-4-12(2-3-24-14)18(21,22)23/h2-5,11H,6-9H2,1H3,(H,24,25,26,27). The van der Waals surface area contributed by atoms with E-state index in [4.69, 9.17) is 0 Å². The second-order valence-electron chi connectivity index (χ2n) is 7.36. The smallest absolute Gasteiger partial charge is 0.341 e. The van der Waals surface area contributed by atoms with E-state index in [1.165, 1.54) is 17.9 Å². The zero-order valence-corrected chi connectivity index (χ0v) is 15.7. The van der Waals surface area contributed by atoms with Crippen molar-refractivity contribution in [3.05, 3.63) is 35.7 Å². The fourth-order valence-corrected chi connectivity index (χ4v) is 3.25. The van der Waals surface area contributed by atoms with Crippen molar-refractivity contribution in [2.75, 3.05) is 36.4 Å². The summed E-state index contributed by atoms with van der Waals surface area (Å²) in [7, 11) is 0. The summed E-state index contributed by atoms with van der Waals surface area (Å²) in [5.41, 5.74) is -0.366. The van der Waals surface area contributed by atoms with Crippen molar-refractivity contribution in [3.8, 4) is 0 Å². The van der Waals surface area contributed by atoms with Crippen molar-refractivity contribution in [1.29, 1.82) is 0 Å². The van der Waals surface area contributed by atoms with Crippen LogP contribution in [0.1, 0.15) is 24.1 Å². The molecule has 2 saturated heterocycles. The molecule has 0 bridgehead atoms. The lowest BCUT2D eigenvalue weighted by Gasteiger charge is -2.40. The third-order valence-corrected chi connectivity index (χ3v) is 4.95. The number of hydrogen-bond acceptors (Lipinski definition) is 6. The van der Waals surface area contributed by atoms with Crippen LogP contribution in [0.15, 0.2) is 24.4 Å². The summed E-state index contributed by atoms with van der Waals surface area (Å²) in [4.78, 5) is 26.7. The van der Waals surface area contributed by atoms with E-state index < -0.39 is 30.8 Å². The number of carbonyl (C=O) groups excluding carboxylic acids is 1. The normalized spacial score (nSPS) is 18.6. The maximum Gasteiger partial charge on any atom is 0.416 e. The molecule has 2 aromatic heterocycles. The molecule has 0 radical (unpaired) electrons. The number of alkyl halides is 5. The van der Waals surface area contributed by atoms with Crippen molar-refractivity contribution < 1.29 is 26.7 Å². The van der Waals surface area contributed by atoms with Crippen molar-refractivity contribution >= 4 is 23.5 Å². The van der Waals surface area contributed by atoms with E-state index in [-0.39, 0.29) is 29.4 Å². The molecule has 160 valence electrons. The SMILES string of the molecule is CC(=O)N1CC(c2cc(Nc3cc(C(F)(F)F)ccn3)nc(N3CC(F)(F)C3)n2)C1. The van der Waals surface area contributed by atoms with E-state index in [0.29, 0.717) is 18.8 Å². The Morgan fingerprint density at radius 2 is 1.87 bits per heavy atom. The van der Waals surface area contributed by atoms with Gasteiger partial charge >= 0.3 is 6.18 Å². The number of hydrogen-bond donors (Lipinski definition) is 1. The lowest BCUT2D eigenvalue weighted by atomic mass is 9.96. The second-order valence-corrected chi connectivity index (χ2v) is 7.36. The highest BCUT2D eigenvalue weighted by Gasteiger charge is 2.45. The van der Waals surface area contributed by atoms with Crippen molar-refractivity contribution in [2.24, 2.45) is 0 Å². The van der Waals surface area contributed by atoms with Gasteiger partial charge in [-0.25, -0.2) is 18.7 Å². The summed E-state index contributed by atoms with van der Waals surface area (Å²) in [5, 5.41) is 2.70. The number of likely N-dealkylation sites (tertiary alicyclic amines) is 1. The maximum absolute atomic E-state index is 13.3. The number of anilines is 3. The molecule has 0 aliphatic carbocycles. The number of nitrogens with zero attached hydrogens (tertiary/aromatic N) is 5. The van der Waals surface area contributed by atoms with Gasteiger partial charge in [0.1, 0.15) is 11.6 Å². The van der Waals surface area contributed by atoms with Gasteiger partial charge in [0.2, 0.25) is 11.9 Å². The minimum atomic E-state index is -4.54. The Labute approximate surface area is 167 Å². The van der Waals surface area contributed by atoms with Gasteiger partial charge in [-0.2, -0.15) is 18.2 Å². The van der Waals surface area contributed by atoms with E-state index in [1.807, 2.05) is 0 Å². The summed E-state index contributed by atoms with van der Waals surface area (Å²) in [6, 6.07) is 3.21. The second kappa shape index (κ2) is 7.03. The zero-order chi connectivity index (χ0) is 21.7. The lowest BCUT2D eigenvalue weighted by molar-refractivity contribution is -0.137. The number of pyridine rings is 1. The van der Waals surface area contributed by atoms with Gasteiger partial charge in [0.05, 0.1) is 24.3 Å². The van der Waals surface area contributed by atoms with Crippen LogP contribution in [0.3, 0.4) is 0 Å². The number of rotatable bonds is 4. The van der Waals surface area contributed by atoms with Crippen LogP contribution < -0.4 is 10.2 Å². The predicted octanol–water partition coefficient (Wildman–Crippen LogP) is 3.04. The van der Waals surface area contributed by atoms with Gasteiger partial charge in [-0.05, 0) is 12.1 Å². The quantitative estimate of drug-likeness (QED) is 0.755. The van der Waals surface area contributed by atoms with Gasteiger partial charge in [-0.3, -0.25) is 4.79 Å². The van der Waals surface area contributed by atoms with Crippen LogP contribution in [-0.4, -0.2) is 57.9 Å². The topological polar surface area (TPSA) is 74.2 Å². The maximum atomic E-state index is 13.3. The number of amides is 1. The molecule has 1 N–H and O–H groups in total. The van der Waals surface area contributed by atoms with Crippen LogP contribution in [0, 0.1) is 0 Å². The Morgan fingerprint density at radius 1 is 1.17 bits per heavy atom. The summed E-state index contributed by atoms with van der Waals surface area (Å²) < 4.78 is 65.4.